The number of para-hydroxylation sites is 4. The van der Waals surface area contributed by atoms with E-state index >= 15 is 0 Å². The number of furan rings is 2. The van der Waals surface area contributed by atoms with Crippen molar-refractivity contribution in [2.75, 3.05) is 28.8 Å². The van der Waals surface area contributed by atoms with E-state index in [0.717, 1.165) is 103 Å². The fourth-order valence-corrected chi connectivity index (χ4v) is 11.4. The average Bonchev–Trinajstić information content (AvgIpc) is 3.93. The summed E-state index contributed by atoms with van der Waals surface area (Å²) in [5.41, 5.74) is 16.5. The van der Waals surface area contributed by atoms with Gasteiger partial charge in [0.25, 0.3) is 0 Å². The molecule has 0 radical (unpaired) electrons. The highest BCUT2D eigenvalue weighted by Gasteiger charge is 2.34. The summed E-state index contributed by atoms with van der Waals surface area (Å²) in [6.45, 7) is 9.35. The molecule has 326 valence electrons. The van der Waals surface area contributed by atoms with E-state index in [1.165, 1.54) is 54.6 Å². The van der Waals surface area contributed by atoms with E-state index < -0.39 is 0 Å². The zero-order valence-electron chi connectivity index (χ0n) is 38.9. The first-order valence-corrected chi connectivity index (χ1v) is 23.7. The first-order chi connectivity index (χ1) is 32.7. The van der Waals surface area contributed by atoms with E-state index in [1.807, 2.05) is 0 Å². The zero-order chi connectivity index (χ0) is 45.3. The number of benzene rings is 10. The van der Waals surface area contributed by atoms with Gasteiger partial charge in [0, 0.05) is 68.9 Å². The molecule has 1 aliphatic rings. The lowest BCUT2D eigenvalue weighted by atomic mass is 9.70. The number of aryl methyl sites for hydroxylation is 3. The predicted octanol–water partition coefficient (Wildman–Crippen LogP) is 17.5. The van der Waals surface area contributed by atoms with Crippen LogP contribution in [0, 0.1) is 6.92 Å². The number of hydrogen-bond acceptors (Lipinski definition) is 5. The highest BCUT2D eigenvalue weighted by Crippen LogP contribution is 2.55. The van der Waals surface area contributed by atoms with Gasteiger partial charge in [-0.3, -0.25) is 0 Å². The highest BCUT2D eigenvalue weighted by atomic mass is 16.3. The molecule has 0 amide bonds. The zero-order valence-corrected chi connectivity index (χ0v) is 38.9. The molecule has 5 nitrogen and oxygen atoms in total. The fourth-order valence-electron chi connectivity index (χ4n) is 11.4. The number of anilines is 7. The van der Waals surface area contributed by atoms with Gasteiger partial charge in [-0.25, -0.2) is 0 Å². The Bertz CT molecular complexity index is 3930. The lowest BCUT2D eigenvalue weighted by Gasteiger charge is -2.37. The van der Waals surface area contributed by atoms with Gasteiger partial charge in [-0.05, 0) is 143 Å². The van der Waals surface area contributed by atoms with Crippen LogP contribution in [0.5, 0.6) is 0 Å². The molecule has 0 bridgehead atoms. The van der Waals surface area contributed by atoms with Crippen molar-refractivity contribution in [3.63, 3.8) is 0 Å². The summed E-state index contributed by atoms with van der Waals surface area (Å²) in [6.07, 6.45) is 2.91. The van der Waals surface area contributed by atoms with Gasteiger partial charge < -0.3 is 23.5 Å². The van der Waals surface area contributed by atoms with Gasteiger partial charge in [-0.15, -0.1) is 0 Å². The van der Waals surface area contributed by atoms with Crippen LogP contribution in [0.15, 0.2) is 173 Å². The molecule has 5 heteroatoms. The van der Waals surface area contributed by atoms with Crippen molar-refractivity contribution in [1.29, 1.82) is 0 Å². The van der Waals surface area contributed by atoms with Gasteiger partial charge in [-0.2, -0.15) is 0 Å². The second kappa shape index (κ2) is 14.6. The van der Waals surface area contributed by atoms with Crippen molar-refractivity contribution in [1.82, 2.24) is 0 Å². The van der Waals surface area contributed by atoms with Crippen molar-refractivity contribution in [2.24, 2.45) is 0 Å². The predicted molar refractivity (Wildman–Crippen MR) is 284 cm³/mol. The maximum atomic E-state index is 6.86. The van der Waals surface area contributed by atoms with Crippen LogP contribution in [-0.4, -0.2) is 14.1 Å². The quantitative estimate of drug-likeness (QED) is 0.142. The minimum Gasteiger partial charge on any atom is -0.454 e. The van der Waals surface area contributed by atoms with E-state index in [4.69, 9.17) is 8.83 Å². The molecule has 10 aromatic carbocycles. The molecule has 2 heterocycles. The van der Waals surface area contributed by atoms with E-state index in [1.54, 1.807) is 0 Å². The van der Waals surface area contributed by atoms with Crippen molar-refractivity contribution in [3.05, 3.63) is 186 Å². The molecule has 13 rings (SSSR count). The SMILES string of the molecule is CCc1cc(N(c2ccc(C)cc2)c2cccc3c2oc2ccccc23)c2cc3c4c(cc(N(c5ccc(N(C)C)cc5)c5cccc6c5oc5ccccc56)c5ccc1c2c54)CCC3(C)C. The Hall–Kier alpha value is -7.76. The topological polar surface area (TPSA) is 36.0 Å². The highest BCUT2D eigenvalue weighted by molar-refractivity contribution is 6.31. The number of fused-ring (bicyclic) bond motifs is 6. The average molecular weight is 870 g/mol. The molecule has 0 unspecified atom stereocenters. The summed E-state index contributed by atoms with van der Waals surface area (Å²) in [5, 5.41) is 12.3. The van der Waals surface area contributed by atoms with Gasteiger partial charge in [0.15, 0.2) is 11.2 Å². The Labute approximate surface area is 390 Å². The summed E-state index contributed by atoms with van der Waals surface area (Å²) in [6, 6.07) is 60.4. The third-order valence-electron chi connectivity index (χ3n) is 14.9. The van der Waals surface area contributed by atoms with Gasteiger partial charge in [-0.1, -0.05) is 111 Å². The van der Waals surface area contributed by atoms with Gasteiger partial charge in [0.1, 0.15) is 11.2 Å². The smallest absolute Gasteiger partial charge is 0.159 e. The first kappa shape index (κ1) is 39.6. The fraction of sp³-hybridized carbons (Fsp3) is 0.161. The largest absolute Gasteiger partial charge is 0.454 e. The molecule has 1 aliphatic carbocycles. The summed E-state index contributed by atoms with van der Waals surface area (Å²) in [4.78, 5) is 7.10. The molecule has 0 N–H and O–H groups in total. The summed E-state index contributed by atoms with van der Waals surface area (Å²) < 4.78 is 13.7. The molecule has 0 aliphatic heterocycles. The second-order valence-corrected chi connectivity index (χ2v) is 19.5. The number of rotatable bonds is 8. The Morgan fingerprint density at radius 3 is 1.61 bits per heavy atom. The van der Waals surface area contributed by atoms with Crippen molar-refractivity contribution in [2.45, 2.75) is 52.4 Å². The molecule has 67 heavy (non-hydrogen) atoms. The van der Waals surface area contributed by atoms with Crippen molar-refractivity contribution in [3.8, 4) is 0 Å². The second-order valence-electron chi connectivity index (χ2n) is 19.5. The molecule has 0 saturated carbocycles. The summed E-state index contributed by atoms with van der Waals surface area (Å²) in [7, 11) is 4.20. The lowest BCUT2D eigenvalue weighted by molar-refractivity contribution is 0.475. The van der Waals surface area contributed by atoms with Gasteiger partial charge in [0.05, 0.1) is 22.7 Å². The maximum Gasteiger partial charge on any atom is 0.159 e. The molecule has 2 aromatic heterocycles. The van der Waals surface area contributed by atoms with Crippen LogP contribution in [-0.2, 0) is 18.3 Å². The number of hydrogen-bond donors (Lipinski definition) is 0. The molecule has 0 atom stereocenters. The van der Waals surface area contributed by atoms with E-state index in [0.29, 0.717) is 0 Å². The van der Waals surface area contributed by atoms with Crippen LogP contribution < -0.4 is 14.7 Å². The Morgan fingerprint density at radius 2 is 1.01 bits per heavy atom. The van der Waals surface area contributed by atoms with E-state index in [2.05, 4.69) is 220 Å². The molecule has 0 spiro atoms. The van der Waals surface area contributed by atoms with Gasteiger partial charge >= 0.3 is 0 Å². The van der Waals surface area contributed by atoms with Crippen molar-refractivity contribution >= 4 is 116 Å². The normalized spacial score (nSPS) is 13.6. The third-order valence-corrected chi connectivity index (χ3v) is 14.9. The molecular formula is C62H51N3O2. The van der Waals surface area contributed by atoms with E-state index in [-0.39, 0.29) is 5.41 Å². The van der Waals surface area contributed by atoms with Crippen LogP contribution in [0.4, 0.5) is 39.8 Å². The van der Waals surface area contributed by atoms with Crippen LogP contribution in [0.2, 0.25) is 0 Å². The molecule has 0 saturated heterocycles. The monoisotopic (exact) mass is 869 g/mol. The lowest BCUT2D eigenvalue weighted by Crippen LogP contribution is -2.24. The summed E-state index contributed by atoms with van der Waals surface area (Å²) in [5.74, 6) is 0. The third kappa shape index (κ3) is 5.86. The van der Waals surface area contributed by atoms with Crippen LogP contribution in [0.25, 0.3) is 76.2 Å². The Morgan fingerprint density at radius 1 is 0.478 bits per heavy atom. The Balaban J connectivity index is 1.16. The minimum absolute atomic E-state index is 0.0585. The Kier molecular flexibility index (Phi) is 8.64. The molecule has 0 fully saturated rings. The van der Waals surface area contributed by atoms with Crippen molar-refractivity contribution < 1.29 is 8.83 Å². The summed E-state index contributed by atoms with van der Waals surface area (Å²) >= 11 is 0. The molecular weight excluding hydrogens is 819 g/mol. The minimum atomic E-state index is -0.0585. The van der Waals surface area contributed by atoms with Crippen LogP contribution >= 0.6 is 0 Å². The van der Waals surface area contributed by atoms with Gasteiger partial charge in [0.2, 0.25) is 0 Å². The van der Waals surface area contributed by atoms with Crippen LogP contribution in [0.1, 0.15) is 49.4 Å². The molecule has 12 aromatic rings. The first-order valence-electron chi connectivity index (χ1n) is 23.7. The standard InChI is InChI=1S/C62H51N3O2/c1-7-38-34-54(65(41-24-22-37(2)23-25-41)52-19-13-17-47-45-15-9-11-21-56(45)67-61(47)52)49-36-50-57-39(32-33-62(50,3)4)35-53(48-31-30-43(38)58(49)59(48)57)64(42-28-26-40(27-29-42)63(5)6)51-18-12-16-46-44-14-8-10-20-55(44)66-60(46)51/h8-31,34-36H,7,32-33H2,1-6H3. The van der Waals surface area contributed by atoms with Crippen LogP contribution in [0.3, 0.4) is 0 Å². The van der Waals surface area contributed by atoms with E-state index in [9.17, 15) is 0 Å². The number of nitrogens with zero attached hydrogens (tertiary/aromatic N) is 3. The maximum absolute atomic E-state index is 6.86.